The highest BCUT2D eigenvalue weighted by molar-refractivity contribution is 5.53. The lowest BCUT2D eigenvalue weighted by Crippen LogP contribution is -2.09. The molecule has 0 spiro atoms. The first kappa shape index (κ1) is 13.7. The van der Waals surface area contributed by atoms with Crippen LogP contribution in [0.3, 0.4) is 0 Å². The van der Waals surface area contributed by atoms with Crippen molar-refractivity contribution in [3.8, 4) is 0 Å². The minimum absolute atomic E-state index is 0.0689. The van der Waals surface area contributed by atoms with E-state index >= 15 is 0 Å². The van der Waals surface area contributed by atoms with Crippen LogP contribution in [0.2, 0.25) is 0 Å². The normalized spacial score (nSPS) is 12.5. The van der Waals surface area contributed by atoms with Gasteiger partial charge in [0, 0.05) is 18.8 Å². The van der Waals surface area contributed by atoms with Crippen LogP contribution in [0, 0.1) is 17.6 Å². The molecule has 1 aromatic carbocycles. The molecule has 0 fully saturated rings. The molecule has 0 saturated heterocycles. The quantitative estimate of drug-likeness (QED) is 0.532. The van der Waals surface area contributed by atoms with Crippen LogP contribution in [-0.2, 0) is 0 Å². The first-order chi connectivity index (χ1) is 8.04. The van der Waals surface area contributed by atoms with E-state index in [9.17, 15) is 8.78 Å². The number of aliphatic hydroxyl groups excluding tert-OH is 1. The Bertz CT molecular complexity index is 349. The molecule has 0 aliphatic heterocycles. The molecule has 1 aromatic rings. The molecule has 1 unspecified atom stereocenters. The fraction of sp³-hybridized carbons (Fsp3) is 0.500. The Morgan fingerprint density at radius 2 is 1.94 bits per heavy atom. The van der Waals surface area contributed by atoms with Crippen molar-refractivity contribution in [2.75, 3.05) is 24.2 Å². The fourth-order valence-corrected chi connectivity index (χ4v) is 1.52. The average molecular weight is 244 g/mol. The van der Waals surface area contributed by atoms with E-state index in [1.165, 1.54) is 0 Å². The predicted octanol–water partition coefficient (Wildman–Crippen LogP) is 2.37. The second kappa shape index (κ2) is 6.39. The number of nitrogens with one attached hydrogen (secondary N) is 1. The number of anilines is 2. The highest BCUT2D eigenvalue weighted by Crippen LogP contribution is 2.21. The van der Waals surface area contributed by atoms with E-state index in [1.54, 1.807) is 0 Å². The molecule has 0 aromatic heterocycles. The van der Waals surface area contributed by atoms with Crippen LogP contribution in [0.25, 0.3) is 0 Å². The molecule has 17 heavy (non-hydrogen) atoms. The van der Waals surface area contributed by atoms with E-state index in [1.807, 2.05) is 6.92 Å². The van der Waals surface area contributed by atoms with Gasteiger partial charge in [-0.25, -0.2) is 8.78 Å². The molecule has 1 atom stereocenters. The Labute approximate surface area is 99.6 Å². The molecule has 0 aliphatic carbocycles. The SMILES string of the molecule is CC(CO)CCCNc1c(F)cc(N)cc1F. The third kappa shape index (κ3) is 4.19. The first-order valence-electron chi connectivity index (χ1n) is 5.63. The zero-order chi connectivity index (χ0) is 12.8. The molecule has 0 bridgehead atoms. The van der Waals surface area contributed by atoms with Crippen LogP contribution in [0.4, 0.5) is 20.2 Å². The molecule has 96 valence electrons. The monoisotopic (exact) mass is 244 g/mol. The van der Waals surface area contributed by atoms with Crippen LogP contribution >= 0.6 is 0 Å². The van der Waals surface area contributed by atoms with E-state index in [-0.39, 0.29) is 23.9 Å². The van der Waals surface area contributed by atoms with Crippen molar-refractivity contribution >= 4 is 11.4 Å². The maximum Gasteiger partial charge on any atom is 0.151 e. The molecule has 1 rings (SSSR count). The van der Waals surface area contributed by atoms with E-state index in [4.69, 9.17) is 10.8 Å². The van der Waals surface area contributed by atoms with Crippen LogP contribution < -0.4 is 11.1 Å². The van der Waals surface area contributed by atoms with Gasteiger partial charge >= 0.3 is 0 Å². The molecule has 0 heterocycles. The van der Waals surface area contributed by atoms with Gasteiger partial charge < -0.3 is 16.2 Å². The molecular formula is C12H18F2N2O. The molecule has 3 nitrogen and oxygen atoms in total. The standard InChI is InChI=1S/C12H18F2N2O/c1-8(7-17)3-2-4-16-12-10(13)5-9(15)6-11(12)14/h5-6,8,16-17H,2-4,7,15H2,1H3. The number of aliphatic hydroxyl groups is 1. The number of benzene rings is 1. The van der Waals surface area contributed by atoms with Crippen LogP contribution in [0.15, 0.2) is 12.1 Å². The lowest BCUT2D eigenvalue weighted by atomic mass is 10.1. The van der Waals surface area contributed by atoms with Crippen molar-refractivity contribution in [1.82, 2.24) is 0 Å². The van der Waals surface area contributed by atoms with Crippen molar-refractivity contribution < 1.29 is 13.9 Å². The number of hydrogen-bond acceptors (Lipinski definition) is 3. The molecule has 0 saturated carbocycles. The topological polar surface area (TPSA) is 58.3 Å². The largest absolute Gasteiger partial charge is 0.399 e. The Morgan fingerprint density at radius 1 is 1.35 bits per heavy atom. The van der Waals surface area contributed by atoms with Gasteiger partial charge in [0.2, 0.25) is 0 Å². The summed E-state index contributed by atoms with van der Waals surface area (Å²) in [6.45, 7) is 2.51. The summed E-state index contributed by atoms with van der Waals surface area (Å²) in [5.74, 6) is -1.16. The van der Waals surface area contributed by atoms with Crippen molar-refractivity contribution in [3.05, 3.63) is 23.8 Å². The highest BCUT2D eigenvalue weighted by atomic mass is 19.1. The summed E-state index contributed by atoms with van der Waals surface area (Å²) < 4.78 is 26.7. The van der Waals surface area contributed by atoms with Crippen molar-refractivity contribution in [1.29, 1.82) is 0 Å². The van der Waals surface area contributed by atoms with Gasteiger partial charge in [-0.3, -0.25) is 0 Å². The fourth-order valence-electron chi connectivity index (χ4n) is 1.52. The second-order valence-corrected chi connectivity index (χ2v) is 4.22. The summed E-state index contributed by atoms with van der Waals surface area (Å²) in [6.07, 6.45) is 1.55. The van der Waals surface area contributed by atoms with Gasteiger partial charge in [0.25, 0.3) is 0 Å². The van der Waals surface area contributed by atoms with E-state index in [0.29, 0.717) is 6.54 Å². The number of halogens is 2. The van der Waals surface area contributed by atoms with Gasteiger partial charge in [0.1, 0.15) is 5.69 Å². The van der Waals surface area contributed by atoms with E-state index < -0.39 is 11.6 Å². The molecule has 0 aliphatic rings. The van der Waals surface area contributed by atoms with Crippen LogP contribution in [0.1, 0.15) is 19.8 Å². The van der Waals surface area contributed by atoms with Crippen molar-refractivity contribution in [2.45, 2.75) is 19.8 Å². The smallest absolute Gasteiger partial charge is 0.151 e. The lowest BCUT2D eigenvalue weighted by Gasteiger charge is -2.11. The second-order valence-electron chi connectivity index (χ2n) is 4.22. The summed E-state index contributed by atoms with van der Waals surface area (Å²) in [7, 11) is 0. The molecule has 4 N–H and O–H groups in total. The summed E-state index contributed by atoms with van der Waals surface area (Å²) in [5.41, 5.74) is 5.23. The third-order valence-corrected chi connectivity index (χ3v) is 2.55. The summed E-state index contributed by atoms with van der Waals surface area (Å²) in [5, 5.41) is 11.5. The zero-order valence-corrected chi connectivity index (χ0v) is 9.84. The Kier molecular flexibility index (Phi) is 5.15. The Hall–Kier alpha value is -1.36. The molecule has 5 heteroatoms. The Morgan fingerprint density at radius 3 is 2.47 bits per heavy atom. The predicted molar refractivity (Wildman–Crippen MR) is 64.7 cm³/mol. The van der Waals surface area contributed by atoms with Gasteiger partial charge in [0.15, 0.2) is 11.6 Å². The minimum Gasteiger partial charge on any atom is -0.399 e. The number of nitrogen functional groups attached to an aromatic ring is 1. The number of nitrogens with two attached hydrogens (primary N) is 1. The maximum atomic E-state index is 13.3. The van der Waals surface area contributed by atoms with Crippen molar-refractivity contribution in [2.24, 2.45) is 5.92 Å². The van der Waals surface area contributed by atoms with E-state index in [2.05, 4.69) is 5.32 Å². The van der Waals surface area contributed by atoms with Gasteiger partial charge in [-0.05, 0) is 30.9 Å². The van der Waals surface area contributed by atoms with Crippen LogP contribution in [0.5, 0.6) is 0 Å². The molecule has 0 radical (unpaired) electrons. The Balaban J connectivity index is 2.47. The first-order valence-corrected chi connectivity index (χ1v) is 5.63. The number of hydrogen-bond donors (Lipinski definition) is 3. The van der Waals surface area contributed by atoms with Gasteiger partial charge in [0.05, 0.1) is 0 Å². The van der Waals surface area contributed by atoms with E-state index in [0.717, 1.165) is 25.0 Å². The van der Waals surface area contributed by atoms with Crippen LogP contribution in [-0.4, -0.2) is 18.3 Å². The minimum atomic E-state index is -0.683. The molecule has 0 amide bonds. The third-order valence-electron chi connectivity index (χ3n) is 2.55. The van der Waals surface area contributed by atoms with Gasteiger partial charge in [-0.1, -0.05) is 6.92 Å². The summed E-state index contributed by atoms with van der Waals surface area (Å²) in [6, 6.07) is 2.17. The van der Waals surface area contributed by atoms with Crippen molar-refractivity contribution in [3.63, 3.8) is 0 Å². The lowest BCUT2D eigenvalue weighted by molar-refractivity contribution is 0.229. The maximum absolute atomic E-state index is 13.3. The zero-order valence-electron chi connectivity index (χ0n) is 9.84. The van der Waals surface area contributed by atoms with Gasteiger partial charge in [-0.15, -0.1) is 0 Å². The average Bonchev–Trinajstić information content (AvgIpc) is 2.26. The summed E-state index contributed by atoms with van der Waals surface area (Å²) >= 11 is 0. The molecular weight excluding hydrogens is 226 g/mol. The summed E-state index contributed by atoms with van der Waals surface area (Å²) in [4.78, 5) is 0. The van der Waals surface area contributed by atoms with Gasteiger partial charge in [-0.2, -0.15) is 0 Å². The number of rotatable bonds is 6. The highest BCUT2D eigenvalue weighted by Gasteiger charge is 2.09.